The van der Waals surface area contributed by atoms with Gasteiger partial charge in [-0.3, -0.25) is 9.59 Å². The molecular weight excluding hydrogens is 336 g/mol. The lowest BCUT2D eigenvalue weighted by Gasteiger charge is -2.19. The molecule has 1 aliphatic heterocycles. The summed E-state index contributed by atoms with van der Waals surface area (Å²) in [5.41, 5.74) is 0.963. The van der Waals surface area contributed by atoms with Crippen molar-refractivity contribution in [3.8, 4) is 17.2 Å². The van der Waals surface area contributed by atoms with Gasteiger partial charge in [0.2, 0.25) is 5.91 Å². The van der Waals surface area contributed by atoms with Crippen LogP contribution < -0.4 is 24.8 Å². The highest BCUT2D eigenvalue weighted by molar-refractivity contribution is 6.00. The molecule has 2 aromatic carbocycles. The molecular formula is C19H20N2O5. The maximum absolute atomic E-state index is 12.3. The van der Waals surface area contributed by atoms with E-state index in [1.807, 2.05) is 6.92 Å². The van der Waals surface area contributed by atoms with E-state index in [9.17, 15) is 9.59 Å². The second-order valence-corrected chi connectivity index (χ2v) is 5.52. The van der Waals surface area contributed by atoms with Gasteiger partial charge in [0, 0.05) is 11.8 Å². The average molecular weight is 356 g/mol. The van der Waals surface area contributed by atoms with Gasteiger partial charge in [-0.1, -0.05) is 12.1 Å². The molecule has 3 rings (SSSR count). The number of fused-ring (bicyclic) bond motifs is 1. The lowest BCUT2D eigenvalue weighted by Crippen LogP contribution is -2.33. The van der Waals surface area contributed by atoms with Gasteiger partial charge in [0.15, 0.2) is 11.5 Å². The normalized spacial score (nSPS) is 12.2. The number of carbonyl (C=O) groups is 2. The SMILES string of the molecule is CCOc1ccccc1C(=O)NCC(=O)Nc1ccc2c(c1)OCCO2. The molecule has 1 heterocycles. The molecule has 0 aromatic heterocycles. The third kappa shape index (κ3) is 4.24. The number of hydrogen-bond donors (Lipinski definition) is 2. The molecule has 2 aromatic rings. The van der Waals surface area contributed by atoms with Gasteiger partial charge in [0.1, 0.15) is 19.0 Å². The van der Waals surface area contributed by atoms with E-state index in [0.717, 1.165) is 0 Å². The van der Waals surface area contributed by atoms with Crippen LogP contribution in [0.15, 0.2) is 42.5 Å². The maximum Gasteiger partial charge on any atom is 0.255 e. The summed E-state index contributed by atoms with van der Waals surface area (Å²) in [5.74, 6) is 1.01. The van der Waals surface area contributed by atoms with Crippen LogP contribution in [0.2, 0.25) is 0 Å². The van der Waals surface area contributed by atoms with Crippen molar-refractivity contribution in [2.45, 2.75) is 6.92 Å². The van der Waals surface area contributed by atoms with Crippen LogP contribution in [-0.2, 0) is 4.79 Å². The van der Waals surface area contributed by atoms with Gasteiger partial charge in [-0.15, -0.1) is 0 Å². The number of rotatable bonds is 6. The Morgan fingerprint density at radius 2 is 1.85 bits per heavy atom. The number of benzene rings is 2. The minimum Gasteiger partial charge on any atom is -0.493 e. The highest BCUT2D eigenvalue weighted by atomic mass is 16.6. The molecule has 0 unspecified atom stereocenters. The van der Waals surface area contributed by atoms with Crippen molar-refractivity contribution in [3.05, 3.63) is 48.0 Å². The Morgan fingerprint density at radius 1 is 1.08 bits per heavy atom. The number of amides is 2. The van der Waals surface area contributed by atoms with Crippen molar-refractivity contribution in [2.75, 3.05) is 31.7 Å². The van der Waals surface area contributed by atoms with Crippen molar-refractivity contribution in [1.29, 1.82) is 0 Å². The Bertz CT molecular complexity index is 806. The highest BCUT2D eigenvalue weighted by Crippen LogP contribution is 2.32. The molecule has 0 bridgehead atoms. The Kier molecular flexibility index (Phi) is 5.58. The quantitative estimate of drug-likeness (QED) is 0.829. The first-order valence-electron chi connectivity index (χ1n) is 8.37. The summed E-state index contributed by atoms with van der Waals surface area (Å²) in [4.78, 5) is 24.4. The fourth-order valence-corrected chi connectivity index (χ4v) is 2.52. The molecule has 0 atom stereocenters. The predicted molar refractivity (Wildman–Crippen MR) is 96.0 cm³/mol. The van der Waals surface area contributed by atoms with Crippen LogP contribution in [0, 0.1) is 0 Å². The summed E-state index contributed by atoms with van der Waals surface area (Å²) in [7, 11) is 0. The molecule has 2 amide bonds. The van der Waals surface area contributed by atoms with Crippen LogP contribution >= 0.6 is 0 Å². The fraction of sp³-hybridized carbons (Fsp3) is 0.263. The Labute approximate surface area is 151 Å². The van der Waals surface area contributed by atoms with Crippen LogP contribution in [0.25, 0.3) is 0 Å². The fourth-order valence-electron chi connectivity index (χ4n) is 2.52. The van der Waals surface area contributed by atoms with Crippen LogP contribution in [0.1, 0.15) is 17.3 Å². The third-order valence-electron chi connectivity index (χ3n) is 3.67. The molecule has 0 saturated carbocycles. The largest absolute Gasteiger partial charge is 0.493 e. The van der Waals surface area contributed by atoms with E-state index < -0.39 is 0 Å². The van der Waals surface area contributed by atoms with Crippen LogP contribution in [-0.4, -0.2) is 38.2 Å². The van der Waals surface area contributed by atoms with Gasteiger partial charge in [-0.25, -0.2) is 0 Å². The van der Waals surface area contributed by atoms with Gasteiger partial charge < -0.3 is 24.8 Å². The minimum atomic E-state index is -0.369. The number of anilines is 1. The van der Waals surface area contributed by atoms with Crippen molar-refractivity contribution in [3.63, 3.8) is 0 Å². The molecule has 2 N–H and O–H groups in total. The predicted octanol–water partition coefficient (Wildman–Crippen LogP) is 2.22. The zero-order valence-electron chi connectivity index (χ0n) is 14.4. The Balaban J connectivity index is 1.56. The molecule has 1 aliphatic rings. The number of ether oxygens (including phenoxy) is 3. The van der Waals surface area contributed by atoms with E-state index in [4.69, 9.17) is 14.2 Å². The van der Waals surface area contributed by atoms with Gasteiger partial charge in [-0.2, -0.15) is 0 Å². The van der Waals surface area contributed by atoms with Gasteiger partial charge in [-0.05, 0) is 31.2 Å². The van der Waals surface area contributed by atoms with Crippen LogP contribution in [0.5, 0.6) is 17.2 Å². The van der Waals surface area contributed by atoms with E-state index in [-0.39, 0.29) is 18.4 Å². The molecule has 7 heteroatoms. The molecule has 136 valence electrons. The average Bonchev–Trinajstić information content (AvgIpc) is 2.67. The van der Waals surface area contributed by atoms with E-state index in [1.165, 1.54) is 0 Å². The van der Waals surface area contributed by atoms with E-state index in [0.29, 0.717) is 48.3 Å². The first kappa shape index (κ1) is 17.6. The Hall–Kier alpha value is -3.22. The summed E-state index contributed by atoms with van der Waals surface area (Å²) >= 11 is 0. The second kappa shape index (κ2) is 8.24. The monoisotopic (exact) mass is 356 g/mol. The van der Waals surface area contributed by atoms with E-state index in [2.05, 4.69) is 10.6 Å². The lowest BCUT2D eigenvalue weighted by molar-refractivity contribution is -0.115. The summed E-state index contributed by atoms with van der Waals surface area (Å²) < 4.78 is 16.3. The summed E-state index contributed by atoms with van der Waals surface area (Å²) in [6.07, 6.45) is 0. The van der Waals surface area contributed by atoms with Crippen molar-refractivity contribution < 1.29 is 23.8 Å². The summed E-state index contributed by atoms with van der Waals surface area (Å²) in [6, 6.07) is 12.0. The molecule has 0 aliphatic carbocycles. The molecule has 7 nitrogen and oxygen atoms in total. The number of hydrogen-bond acceptors (Lipinski definition) is 5. The van der Waals surface area contributed by atoms with Crippen molar-refractivity contribution >= 4 is 17.5 Å². The molecule has 0 radical (unpaired) electrons. The minimum absolute atomic E-state index is 0.159. The number of nitrogens with one attached hydrogen (secondary N) is 2. The van der Waals surface area contributed by atoms with Gasteiger partial charge >= 0.3 is 0 Å². The molecule has 0 spiro atoms. The molecule has 0 fully saturated rings. The summed E-state index contributed by atoms with van der Waals surface area (Å²) in [6.45, 7) is 3.12. The second-order valence-electron chi connectivity index (χ2n) is 5.52. The van der Waals surface area contributed by atoms with Gasteiger partial charge in [0.05, 0.1) is 18.7 Å². The highest BCUT2D eigenvalue weighted by Gasteiger charge is 2.15. The molecule has 26 heavy (non-hydrogen) atoms. The smallest absolute Gasteiger partial charge is 0.255 e. The zero-order valence-corrected chi connectivity index (χ0v) is 14.4. The number of carbonyl (C=O) groups excluding carboxylic acids is 2. The first-order chi connectivity index (χ1) is 12.7. The van der Waals surface area contributed by atoms with Crippen LogP contribution in [0.3, 0.4) is 0 Å². The van der Waals surface area contributed by atoms with Crippen LogP contribution in [0.4, 0.5) is 5.69 Å². The van der Waals surface area contributed by atoms with Gasteiger partial charge in [0.25, 0.3) is 5.91 Å². The number of para-hydroxylation sites is 1. The molecule has 0 saturated heterocycles. The van der Waals surface area contributed by atoms with E-state index >= 15 is 0 Å². The van der Waals surface area contributed by atoms with E-state index in [1.54, 1.807) is 42.5 Å². The topological polar surface area (TPSA) is 85.9 Å². The third-order valence-corrected chi connectivity index (χ3v) is 3.67. The first-order valence-corrected chi connectivity index (χ1v) is 8.37. The standard InChI is InChI=1S/C19H20N2O5/c1-2-24-15-6-4-3-5-14(15)19(23)20-12-18(22)21-13-7-8-16-17(11-13)26-10-9-25-16/h3-8,11H,2,9-10,12H2,1H3,(H,20,23)(H,21,22). The summed E-state index contributed by atoms with van der Waals surface area (Å²) in [5, 5.41) is 5.31. The zero-order chi connectivity index (χ0) is 18.4. The van der Waals surface area contributed by atoms with Crippen molar-refractivity contribution in [2.24, 2.45) is 0 Å². The Morgan fingerprint density at radius 3 is 2.65 bits per heavy atom. The van der Waals surface area contributed by atoms with Crippen molar-refractivity contribution in [1.82, 2.24) is 5.32 Å². The lowest BCUT2D eigenvalue weighted by atomic mass is 10.2. The maximum atomic E-state index is 12.3.